The van der Waals surface area contributed by atoms with Crippen molar-refractivity contribution in [3.63, 3.8) is 0 Å². The monoisotopic (exact) mass is 347 g/mol. The molecule has 2 N–H and O–H groups in total. The molecule has 0 radical (unpaired) electrons. The van der Waals surface area contributed by atoms with Gasteiger partial charge in [-0.2, -0.15) is 0 Å². The molecule has 0 aromatic carbocycles. The molecule has 2 fully saturated rings. The number of aromatic nitrogens is 3. The van der Waals surface area contributed by atoms with Crippen LogP contribution in [0.3, 0.4) is 0 Å². The average Bonchev–Trinajstić information content (AvgIpc) is 3.52. The number of hydrazine groups is 1. The highest BCUT2D eigenvalue weighted by atomic mass is 32.2. The van der Waals surface area contributed by atoms with E-state index >= 15 is 0 Å². The van der Waals surface area contributed by atoms with E-state index in [1.165, 1.54) is 36.9 Å². The molecule has 2 aliphatic carbocycles. The van der Waals surface area contributed by atoms with Crippen molar-refractivity contribution in [3.8, 4) is 0 Å². The van der Waals surface area contributed by atoms with E-state index in [0.717, 1.165) is 23.8 Å². The van der Waals surface area contributed by atoms with Gasteiger partial charge in [-0.05, 0) is 37.8 Å². The van der Waals surface area contributed by atoms with Gasteiger partial charge in [-0.1, -0.05) is 11.8 Å². The average molecular weight is 347 g/mol. The molecule has 2 aliphatic rings. The summed E-state index contributed by atoms with van der Waals surface area (Å²) in [6.07, 6.45) is 6.05. The zero-order valence-electron chi connectivity index (χ0n) is 12.9. The predicted molar refractivity (Wildman–Crippen MR) is 85.3 cm³/mol. The first-order valence-corrected chi connectivity index (χ1v) is 8.91. The Morgan fingerprint density at radius 1 is 1.25 bits per heavy atom. The van der Waals surface area contributed by atoms with E-state index in [2.05, 4.69) is 25.6 Å². The van der Waals surface area contributed by atoms with Crippen LogP contribution in [-0.4, -0.2) is 32.3 Å². The summed E-state index contributed by atoms with van der Waals surface area (Å²) in [5, 5.41) is 9.33. The van der Waals surface area contributed by atoms with Gasteiger partial charge in [0.05, 0.1) is 12.0 Å². The fourth-order valence-corrected chi connectivity index (χ4v) is 3.26. The van der Waals surface area contributed by atoms with Crippen LogP contribution in [0, 0.1) is 0 Å². The lowest BCUT2D eigenvalue weighted by Crippen LogP contribution is -2.42. The summed E-state index contributed by atoms with van der Waals surface area (Å²) in [6.45, 7) is 0. The molecular weight excluding hydrogens is 330 g/mol. The molecule has 0 aliphatic heterocycles. The number of carbonyl (C=O) groups is 2. The lowest BCUT2D eigenvalue weighted by Gasteiger charge is -2.08. The van der Waals surface area contributed by atoms with Gasteiger partial charge < -0.3 is 8.98 Å². The molecule has 126 valence electrons. The summed E-state index contributed by atoms with van der Waals surface area (Å²) in [7, 11) is 0. The number of rotatable bonds is 6. The predicted octanol–water partition coefficient (Wildman–Crippen LogP) is 1.64. The van der Waals surface area contributed by atoms with E-state index in [1.807, 2.05) is 0 Å². The maximum absolute atomic E-state index is 11.9. The van der Waals surface area contributed by atoms with Crippen molar-refractivity contribution in [1.82, 2.24) is 25.6 Å². The molecule has 2 heterocycles. The third-order valence-corrected chi connectivity index (χ3v) is 4.88. The van der Waals surface area contributed by atoms with Crippen molar-refractivity contribution in [2.45, 2.75) is 42.8 Å². The van der Waals surface area contributed by atoms with Gasteiger partial charge in [0.25, 0.3) is 0 Å². The van der Waals surface area contributed by atoms with Gasteiger partial charge in [0.15, 0.2) is 10.9 Å². The Morgan fingerprint density at radius 2 is 2.08 bits per heavy atom. The Balaban J connectivity index is 1.30. The molecule has 0 atom stereocenters. The maximum Gasteiger partial charge on any atom is 0.305 e. The number of nitrogens with zero attached hydrogens (tertiary/aromatic N) is 3. The van der Waals surface area contributed by atoms with Crippen LogP contribution in [0.4, 0.5) is 0 Å². The van der Waals surface area contributed by atoms with Crippen LogP contribution < -0.4 is 10.9 Å². The third-order valence-electron chi connectivity index (χ3n) is 3.94. The Hall–Kier alpha value is -2.29. The molecule has 2 aromatic heterocycles. The molecule has 0 bridgehead atoms. The molecule has 0 spiro atoms. The first-order valence-electron chi connectivity index (χ1n) is 7.92. The molecule has 24 heavy (non-hydrogen) atoms. The van der Waals surface area contributed by atoms with Crippen LogP contribution in [-0.2, 0) is 4.79 Å². The quantitative estimate of drug-likeness (QED) is 0.608. The van der Waals surface area contributed by atoms with Crippen LogP contribution in [0.25, 0.3) is 0 Å². The van der Waals surface area contributed by atoms with E-state index in [0.29, 0.717) is 12.0 Å². The fourth-order valence-electron chi connectivity index (χ4n) is 2.44. The van der Waals surface area contributed by atoms with Gasteiger partial charge in [-0.3, -0.25) is 20.4 Å². The lowest BCUT2D eigenvalue weighted by atomic mass is 10.4. The maximum atomic E-state index is 11.9. The van der Waals surface area contributed by atoms with Gasteiger partial charge in [-0.25, -0.2) is 0 Å². The number of hydrogen-bond donors (Lipinski definition) is 2. The summed E-state index contributed by atoms with van der Waals surface area (Å²) in [5.41, 5.74) is 4.69. The van der Waals surface area contributed by atoms with Crippen LogP contribution in [0.1, 0.15) is 54.0 Å². The standard InChI is InChI=1S/C15H17N5O3S/c21-12(16-18-14(22)11-2-1-7-23-11)8-24-15-19-17-13(9-3-4-9)20(15)10-5-6-10/h1-2,7,9-10H,3-6,8H2,(H,16,21)(H,18,22). The van der Waals surface area contributed by atoms with Crippen molar-refractivity contribution in [1.29, 1.82) is 0 Å². The van der Waals surface area contributed by atoms with Crippen molar-refractivity contribution >= 4 is 23.6 Å². The minimum Gasteiger partial charge on any atom is -0.459 e. The minimum atomic E-state index is -0.490. The van der Waals surface area contributed by atoms with Crippen molar-refractivity contribution < 1.29 is 14.0 Å². The largest absolute Gasteiger partial charge is 0.459 e. The van der Waals surface area contributed by atoms with E-state index in [9.17, 15) is 9.59 Å². The molecule has 2 aromatic rings. The van der Waals surface area contributed by atoms with Crippen LogP contribution in [0.5, 0.6) is 0 Å². The second kappa shape index (κ2) is 6.31. The Morgan fingerprint density at radius 3 is 2.75 bits per heavy atom. The molecular formula is C15H17N5O3S. The molecule has 0 unspecified atom stereocenters. The van der Waals surface area contributed by atoms with E-state index in [4.69, 9.17) is 4.42 Å². The molecule has 0 saturated heterocycles. The first-order chi connectivity index (χ1) is 11.7. The third kappa shape index (κ3) is 3.30. The Kier molecular flexibility index (Phi) is 4.01. The van der Waals surface area contributed by atoms with Gasteiger partial charge in [-0.15, -0.1) is 10.2 Å². The normalized spacial score (nSPS) is 16.8. The SMILES string of the molecule is O=C(CSc1nnc(C2CC2)n1C1CC1)NNC(=O)c1ccco1. The number of furan rings is 1. The van der Waals surface area contributed by atoms with E-state index in [1.54, 1.807) is 6.07 Å². The molecule has 8 nitrogen and oxygen atoms in total. The second-order valence-corrected chi connectivity index (χ2v) is 6.93. The Bertz CT molecular complexity index is 749. The highest BCUT2D eigenvalue weighted by molar-refractivity contribution is 7.99. The number of amides is 2. The van der Waals surface area contributed by atoms with Crippen LogP contribution in [0.2, 0.25) is 0 Å². The number of thioether (sulfide) groups is 1. The minimum absolute atomic E-state index is 0.144. The fraction of sp³-hybridized carbons (Fsp3) is 0.467. The van der Waals surface area contributed by atoms with Gasteiger partial charge >= 0.3 is 5.91 Å². The lowest BCUT2D eigenvalue weighted by molar-refractivity contribution is -0.119. The topological polar surface area (TPSA) is 102 Å². The molecule has 2 amide bonds. The molecule has 4 rings (SSSR count). The molecule has 9 heteroatoms. The summed E-state index contributed by atoms with van der Waals surface area (Å²) >= 11 is 1.34. The summed E-state index contributed by atoms with van der Waals surface area (Å²) in [6, 6.07) is 3.61. The summed E-state index contributed by atoms with van der Waals surface area (Å²) < 4.78 is 7.14. The number of carbonyl (C=O) groups excluding carboxylic acids is 2. The zero-order chi connectivity index (χ0) is 16.5. The molecule has 2 saturated carbocycles. The van der Waals surface area contributed by atoms with Crippen molar-refractivity contribution in [2.75, 3.05) is 5.75 Å². The van der Waals surface area contributed by atoms with Crippen molar-refractivity contribution in [2.24, 2.45) is 0 Å². The van der Waals surface area contributed by atoms with E-state index < -0.39 is 5.91 Å². The number of hydrogen-bond acceptors (Lipinski definition) is 6. The van der Waals surface area contributed by atoms with Gasteiger partial charge in [0.2, 0.25) is 5.91 Å². The number of nitrogens with one attached hydrogen (secondary N) is 2. The van der Waals surface area contributed by atoms with Crippen molar-refractivity contribution in [3.05, 3.63) is 30.0 Å². The van der Waals surface area contributed by atoms with Crippen LogP contribution >= 0.6 is 11.8 Å². The zero-order valence-corrected chi connectivity index (χ0v) is 13.7. The van der Waals surface area contributed by atoms with Gasteiger partial charge in [0.1, 0.15) is 5.82 Å². The van der Waals surface area contributed by atoms with E-state index in [-0.39, 0.29) is 17.4 Å². The van der Waals surface area contributed by atoms with Crippen LogP contribution in [0.15, 0.2) is 28.0 Å². The summed E-state index contributed by atoms with van der Waals surface area (Å²) in [5.74, 6) is 1.10. The first kappa shape index (κ1) is 15.3. The highest BCUT2D eigenvalue weighted by Gasteiger charge is 2.36. The second-order valence-electron chi connectivity index (χ2n) is 5.98. The smallest absolute Gasteiger partial charge is 0.305 e. The highest BCUT2D eigenvalue weighted by Crippen LogP contribution is 2.45. The summed E-state index contributed by atoms with van der Waals surface area (Å²) in [4.78, 5) is 23.6. The Labute approximate surface area is 142 Å². The van der Waals surface area contributed by atoms with Gasteiger partial charge in [0, 0.05) is 12.0 Å².